The van der Waals surface area contributed by atoms with Gasteiger partial charge in [-0.15, -0.1) is 5.10 Å². The monoisotopic (exact) mass is 399 g/mol. The molecule has 8 nitrogen and oxygen atoms in total. The van der Waals surface area contributed by atoms with E-state index in [0.717, 1.165) is 47.8 Å². The van der Waals surface area contributed by atoms with Gasteiger partial charge in [-0.2, -0.15) is 0 Å². The van der Waals surface area contributed by atoms with E-state index < -0.39 is 0 Å². The van der Waals surface area contributed by atoms with E-state index in [2.05, 4.69) is 36.5 Å². The fourth-order valence-corrected chi connectivity index (χ4v) is 4.56. The molecule has 0 spiro atoms. The Bertz CT molecular complexity index is 945. The van der Waals surface area contributed by atoms with Gasteiger partial charge in [0.25, 0.3) is 0 Å². The van der Waals surface area contributed by atoms with Crippen LogP contribution in [0.5, 0.6) is 0 Å². The zero-order chi connectivity index (χ0) is 19.3. The molecule has 1 aliphatic rings. The maximum atomic E-state index is 12.2. The summed E-state index contributed by atoms with van der Waals surface area (Å²) in [6.45, 7) is 3.49. The van der Waals surface area contributed by atoms with Gasteiger partial charge < -0.3 is 9.88 Å². The number of fused-ring (bicyclic) bond motifs is 1. The molecule has 0 radical (unpaired) electrons. The molecule has 9 heteroatoms. The van der Waals surface area contributed by atoms with Crippen molar-refractivity contribution < 1.29 is 4.79 Å². The minimum absolute atomic E-state index is 0.0122. The molecule has 28 heavy (non-hydrogen) atoms. The molecule has 0 bridgehead atoms. The number of amides is 1. The van der Waals surface area contributed by atoms with Crippen molar-refractivity contribution in [2.24, 2.45) is 0 Å². The molecule has 3 aromatic rings. The topological polar surface area (TPSA) is 90.5 Å². The van der Waals surface area contributed by atoms with Crippen LogP contribution in [0.3, 0.4) is 0 Å². The lowest BCUT2D eigenvalue weighted by Gasteiger charge is -2.11. The molecule has 0 saturated heterocycles. The van der Waals surface area contributed by atoms with Gasteiger partial charge in [-0.3, -0.25) is 4.79 Å². The number of rotatable bonds is 8. The van der Waals surface area contributed by atoms with Crippen LogP contribution < -0.4 is 5.32 Å². The van der Waals surface area contributed by atoms with Gasteiger partial charge in [0.1, 0.15) is 5.82 Å². The van der Waals surface area contributed by atoms with Crippen molar-refractivity contribution in [2.75, 3.05) is 12.3 Å². The van der Waals surface area contributed by atoms with E-state index in [-0.39, 0.29) is 5.91 Å². The van der Waals surface area contributed by atoms with Crippen molar-refractivity contribution in [1.82, 2.24) is 35.1 Å². The van der Waals surface area contributed by atoms with Gasteiger partial charge in [-0.1, -0.05) is 36.7 Å². The van der Waals surface area contributed by atoms with Crippen molar-refractivity contribution in [2.45, 2.75) is 56.8 Å². The minimum atomic E-state index is 0.0122. The van der Waals surface area contributed by atoms with Gasteiger partial charge in [0, 0.05) is 13.1 Å². The first-order valence-electron chi connectivity index (χ1n) is 9.81. The number of benzene rings is 1. The molecule has 0 unspecified atom stereocenters. The Morgan fingerprint density at radius 2 is 2.11 bits per heavy atom. The number of tetrazole rings is 1. The van der Waals surface area contributed by atoms with Gasteiger partial charge in [-0.05, 0) is 48.7 Å². The highest BCUT2D eigenvalue weighted by Crippen LogP contribution is 2.31. The average molecular weight is 400 g/mol. The van der Waals surface area contributed by atoms with Crippen molar-refractivity contribution in [3.8, 4) is 0 Å². The number of nitrogens with one attached hydrogen (secondary N) is 1. The lowest BCUT2D eigenvalue weighted by molar-refractivity contribution is -0.118. The third-order valence-corrected chi connectivity index (χ3v) is 6.13. The Balaban J connectivity index is 1.22. The lowest BCUT2D eigenvalue weighted by atomic mass is 10.3. The van der Waals surface area contributed by atoms with Crippen LogP contribution in [0.25, 0.3) is 11.0 Å². The van der Waals surface area contributed by atoms with Crippen LogP contribution in [0, 0.1) is 6.92 Å². The van der Waals surface area contributed by atoms with Crippen LogP contribution in [0.15, 0.2) is 29.4 Å². The molecular weight excluding hydrogens is 374 g/mol. The summed E-state index contributed by atoms with van der Waals surface area (Å²) in [5, 5.41) is 15.7. The number of aryl methyl sites for hydroxylation is 2. The molecule has 0 atom stereocenters. The van der Waals surface area contributed by atoms with Gasteiger partial charge in [-0.25, -0.2) is 9.67 Å². The summed E-state index contributed by atoms with van der Waals surface area (Å²) in [7, 11) is 0. The van der Waals surface area contributed by atoms with E-state index in [1.807, 2.05) is 29.8 Å². The summed E-state index contributed by atoms with van der Waals surface area (Å²) >= 11 is 1.41. The third kappa shape index (κ3) is 4.19. The first kappa shape index (κ1) is 18.9. The Labute approximate surface area is 168 Å². The molecule has 1 amide bonds. The SMILES string of the molecule is Cc1nc2ccccc2n1CCCNC(=O)CSc1nnnn1C1CCCC1. The first-order valence-corrected chi connectivity index (χ1v) is 10.8. The normalized spacial score (nSPS) is 14.8. The second kappa shape index (κ2) is 8.72. The van der Waals surface area contributed by atoms with Gasteiger partial charge in [0.15, 0.2) is 0 Å². The van der Waals surface area contributed by atoms with Crippen molar-refractivity contribution in [3.63, 3.8) is 0 Å². The molecule has 1 saturated carbocycles. The second-order valence-corrected chi connectivity index (χ2v) is 8.08. The van der Waals surface area contributed by atoms with E-state index in [0.29, 0.717) is 18.3 Å². The van der Waals surface area contributed by atoms with Crippen LogP contribution in [0.4, 0.5) is 0 Å². The van der Waals surface area contributed by atoms with Gasteiger partial charge in [0.2, 0.25) is 11.1 Å². The molecule has 148 valence electrons. The number of thioether (sulfide) groups is 1. The number of hydrogen-bond donors (Lipinski definition) is 1. The molecule has 2 aromatic heterocycles. The number of aromatic nitrogens is 6. The largest absolute Gasteiger partial charge is 0.355 e. The summed E-state index contributed by atoms with van der Waals surface area (Å²) in [6, 6.07) is 8.52. The number of hydrogen-bond acceptors (Lipinski definition) is 6. The molecular formula is C19H25N7OS. The van der Waals surface area contributed by atoms with Crippen molar-refractivity contribution in [1.29, 1.82) is 0 Å². The zero-order valence-electron chi connectivity index (χ0n) is 16.0. The van der Waals surface area contributed by atoms with Crippen molar-refractivity contribution in [3.05, 3.63) is 30.1 Å². The smallest absolute Gasteiger partial charge is 0.230 e. The van der Waals surface area contributed by atoms with Gasteiger partial charge in [0.05, 0.1) is 22.8 Å². The quantitative estimate of drug-likeness (QED) is 0.463. The lowest BCUT2D eigenvalue weighted by Crippen LogP contribution is -2.27. The maximum absolute atomic E-state index is 12.2. The Hall–Kier alpha value is -2.42. The molecule has 0 aliphatic heterocycles. The van der Waals surface area contributed by atoms with E-state index in [1.165, 1.54) is 24.6 Å². The van der Waals surface area contributed by atoms with E-state index >= 15 is 0 Å². The van der Waals surface area contributed by atoms with Crippen molar-refractivity contribution >= 4 is 28.7 Å². The molecule has 1 fully saturated rings. The minimum Gasteiger partial charge on any atom is -0.355 e. The Morgan fingerprint density at radius 3 is 2.96 bits per heavy atom. The zero-order valence-corrected chi connectivity index (χ0v) is 16.9. The van der Waals surface area contributed by atoms with Crippen LogP contribution in [0.1, 0.15) is 44.0 Å². The standard InChI is InChI=1S/C19H25N7OS/c1-14-21-16-9-4-5-10-17(16)25(14)12-6-11-20-18(27)13-28-19-22-23-24-26(19)15-7-2-3-8-15/h4-5,9-10,15H,2-3,6-8,11-13H2,1H3,(H,20,27). The van der Waals surface area contributed by atoms with E-state index in [1.54, 1.807) is 0 Å². The highest BCUT2D eigenvalue weighted by atomic mass is 32.2. The number of imidazole rings is 1. The summed E-state index contributed by atoms with van der Waals surface area (Å²) < 4.78 is 4.09. The third-order valence-electron chi connectivity index (χ3n) is 5.19. The summed E-state index contributed by atoms with van der Waals surface area (Å²) in [5.74, 6) is 1.35. The predicted octanol–water partition coefficient (Wildman–Crippen LogP) is 2.74. The molecule has 1 aromatic carbocycles. The number of carbonyl (C=O) groups excluding carboxylic acids is 1. The summed E-state index contributed by atoms with van der Waals surface area (Å²) in [4.78, 5) is 16.8. The van der Waals surface area contributed by atoms with Crippen LogP contribution in [0.2, 0.25) is 0 Å². The second-order valence-electron chi connectivity index (χ2n) is 7.14. The van der Waals surface area contributed by atoms with Crippen LogP contribution >= 0.6 is 11.8 Å². The fourth-order valence-electron chi connectivity index (χ4n) is 3.78. The van der Waals surface area contributed by atoms with Crippen LogP contribution in [-0.2, 0) is 11.3 Å². The molecule has 4 rings (SSSR count). The number of nitrogens with zero attached hydrogens (tertiary/aromatic N) is 6. The summed E-state index contributed by atoms with van der Waals surface area (Å²) in [5.41, 5.74) is 2.15. The highest BCUT2D eigenvalue weighted by molar-refractivity contribution is 7.99. The molecule has 2 heterocycles. The highest BCUT2D eigenvalue weighted by Gasteiger charge is 2.22. The van der Waals surface area contributed by atoms with Gasteiger partial charge >= 0.3 is 0 Å². The maximum Gasteiger partial charge on any atom is 0.230 e. The van der Waals surface area contributed by atoms with E-state index in [9.17, 15) is 4.79 Å². The molecule has 1 N–H and O–H groups in total. The Morgan fingerprint density at radius 1 is 1.29 bits per heavy atom. The average Bonchev–Trinajstić information content (AvgIpc) is 3.43. The fraction of sp³-hybridized carbons (Fsp3) is 0.526. The molecule has 1 aliphatic carbocycles. The first-order chi connectivity index (χ1) is 13.7. The van der Waals surface area contributed by atoms with E-state index in [4.69, 9.17) is 0 Å². The predicted molar refractivity (Wildman–Crippen MR) is 108 cm³/mol. The number of para-hydroxylation sites is 2. The number of carbonyl (C=O) groups is 1. The Kier molecular flexibility index (Phi) is 5.90. The summed E-state index contributed by atoms with van der Waals surface area (Å²) in [6.07, 6.45) is 5.54. The van der Waals surface area contributed by atoms with Crippen LogP contribution in [-0.4, -0.2) is 48.0 Å².